The lowest BCUT2D eigenvalue weighted by Gasteiger charge is -2.09. The molecule has 6 nitrogen and oxygen atoms in total. The smallest absolute Gasteiger partial charge is 0.343 e. The Morgan fingerprint density at radius 2 is 1.50 bits per heavy atom. The summed E-state index contributed by atoms with van der Waals surface area (Å²) in [5, 5.41) is 8.88. The van der Waals surface area contributed by atoms with Crippen LogP contribution in [0.4, 0.5) is 11.4 Å². The molecule has 2 aromatic rings. The maximum Gasteiger partial charge on any atom is 0.343 e. The van der Waals surface area contributed by atoms with Crippen LogP contribution >= 0.6 is 0 Å². The van der Waals surface area contributed by atoms with Crippen molar-refractivity contribution in [2.75, 3.05) is 11.5 Å². The highest BCUT2D eigenvalue weighted by molar-refractivity contribution is 5.96. The van der Waals surface area contributed by atoms with Gasteiger partial charge in [-0.05, 0) is 30.3 Å². The van der Waals surface area contributed by atoms with Gasteiger partial charge in [-0.1, -0.05) is 12.1 Å². The molecule has 0 heterocycles. The number of anilines is 2. The fourth-order valence-corrected chi connectivity index (χ4v) is 1.62. The van der Waals surface area contributed by atoms with Gasteiger partial charge < -0.3 is 21.3 Å². The van der Waals surface area contributed by atoms with Crippen molar-refractivity contribution >= 4 is 23.3 Å². The first-order valence-corrected chi connectivity index (χ1v) is 5.68. The molecule has 0 bridgehead atoms. The minimum Gasteiger partial charge on any atom is -0.478 e. The summed E-state index contributed by atoms with van der Waals surface area (Å²) in [6.07, 6.45) is 0. The van der Waals surface area contributed by atoms with Crippen molar-refractivity contribution in [3.8, 4) is 5.75 Å². The summed E-state index contributed by atoms with van der Waals surface area (Å²) in [4.78, 5) is 22.8. The summed E-state index contributed by atoms with van der Waals surface area (Å²) >= 11 is 0. The van der Waals surface area contributed by atoms with Crippen LogP contribution < -0.4 is 16.2 Å². The molecule has 2 rings (SSSR count). The van der Waals surface area contributed by atoms with E-state index in [1.54, 1.807) is 18.2 Å². The summed E-state index contributed by atoms with van der Waals surface area (Å²) in [7, 11) is 0. The van der Waals surface area contributed by atoms with Crippen LogP contribution in [0.1, 0.15) is 20.7 Å². The first kappa shape index (κ1) is 13.4. The van der Waals surface area contributed by atoms with Gasteiger partial charge in [0.25, 0.3) is 0 Å². The minimum atomic E-state index is -1.13. The summed E-state index contributed by atoms with van der Waals surface area (Å²) < 4.78 is 5.11. The van der Waals surface area contributed by atoms with Crippen LogP contribution in [-0.2, 0) is 0 Å². The van der Waals surface area contributed by atoms with Crippen LogP contribution in [0.15, 0.2) is 42.5 Å². The first-order chi connectivity index (χ1) is 9.49. The van der Waals surface area contributed by atoms with Gasteiger partial charge in [-0.3, -0.25) is 0 Å². The van der Waals surface area contributed by atoms with E-state index in [4.69, 9.17) is 21.3 Å². The van der Waals surface area contributed by atoms with E-state index < -0.39 is 11.9 Å². The SMILES string of the molecule is Nc1cccc(N)c1OC(=O)c1cccc(C(=O)O)c1. The van der Waals surface area contributed by atoms with E-state index in [1.165, 1.54) is 24.3 Å². The third-order valence-corrected chi connectivity index (χ3v) is 2.62. The van der Waals surface area contributed by atoms with Gasteiger partial charge in [0.1, 0.15) is 0 Å². The van der Waals surface area contributed by atoms with Gasteiger partial charge in [-0.25, -0.2) is 9.59 Å². The number of carbonyl (C=O) groups is 2. The van der Waals surface area contributed by atoms with Gasteiger partial charge in [-0.15, -0.1) is 0 Å². The zero-order valence-electron chi connectivity index (χ0n) is 10.4. The van der Waals surface area contributed by atoms with Gasteiger partial charge in [-0.2, -0.15) is 0 Å². The Bertz CT molecular complexity index is 662. The summed E-state index contributed by atoms with van der Waals surface area (Å²) in [5.74, 6) is -1.78. The predicted molar refractivity (Wildman–Crippen MR) is 73.6 cm³/mol. The molecule has 102 valence electrons. The van der Waals surface area contributed by atoms with E-state index >= 15 is 0 Å². The maximum atomic E-state index is 12.0. The molecular formula is C14H12N2O4. The first-order valence-electron chi connectivity index (χ1n) is 5.68. The van der Waals surface area contributed by atoms with Crippen LogP contribution in [0, 0.1) is 0 Å². The Hall–Kier alpha value is -3.02. The molecule has 6 heteroatoms. The number of hydrogen-bond acceptors (Lipinski definition) is 5. The van der Waals surface area contributed by atoms with Gasteiger partial charge >= 0.3 is 11.9 Å². The molecule has 0 atom stereocenters. The van der Waals surface area contributed by atoms with Crippen molar-refractivity contribution in [1.82, 2.24) is 0 Å². The fraction of sp³-hybridized carbons (Fsp3) is 0. The quantitative estimate of drug-likeness (QED) is 0.445. The van der Waals surface area contributed by atoms with Gasteiger partial charge in [0, 0.05) is 0 Å². The standard InChI is InChI=1S/C14H12N2O4/c15-10-5-2-6-11(16)12(10)20-14(19)9-4-1-3-8(7-9)13(17)18/h1-7H,15-16H2,(H,17,18). The number of benzene rings is 2. The molecule has 0 radical (unpaired) electrons. The second kappa shape index (κ2) is 5.31. The third kappa shape index (κ3) is 2.69. The number of nitrogen functional groups attached to an aromatic ring is 2. The summed E-state index contributed by atoms with van der Waals surface area (Å²) in [5.41, 5.74) is 11.9. The monoisotopic (exact) mass is 272 g/mol. The molecule has 0 aliphatic heterocycles. The zero-order chi connectivity index (χ0) is 14.7. The zero-order valence-corrected chi connectivity index (χ0v) is 10.4. The van der Waals surface area contributed by atoms with Crippen LogP contribution in [-0.4, -0.2) is 17.0 Å². The van der Waals surface area contributed by atoms with E-state index in [0.29, 0.717) is 0 Å². The molecule has 0 unspecified atom stereocenters. The topological polar surface area (TPSA) is 116 Å². The largest absolute Gasteiger partial charge is 0.478 e. The number of para-hydroxylation sites is 1. The number of hydrogen-bond donors (Lipinski definition) is 3. The van der Waals surface area contributed by atoms with Crippen LogP contribution in [0.25, 0.3) is 0 Å². The second-order valence-corrected chi connectivity index (χ2v) is 4.04. The number of carbonyl (C=O) groups excluding carboxylic acids is 1. The van der Waals surface area contributed by atoms with Crippen LogP contribution in [0.5, 0.6) is 5.75 Å². The number of aromatic carboxylic acids is 1. The Kier molecular flexibility index (Phi) is 3.56. The summed E-state index contributed by atoms with van der Waals surface area (Å²) in [6, 6.07) is 10.2. The van der Waals surface area contributed by atoms with Crippen LogP contribution in [0.3, 0.4) is 0 Å². The maximum absolute atomic E-state index is 12.0. The minimum absolute atomic E-state index is 0.00606. The second-order valence-electron chi connectivity index (χ2n) is 4.04. The Morgan fingerprint density at radius 1 is 0.950 bits per heavy atom. The van der Waals surface area contributed by atoms with E-state index in [1.807, 2.05) is 0 Å². The molecule has 0 saturated heterocycles. The highest BCUT2D eigenvalue weighted by Crippen LogP contribution is 2.29. The lowest BCUT2D eigenvalue weighted by Crippen LogP contribution is -2.12. The Morgan fingerprint density at radius 3 is 2.10 bits per heavy atom. The number of nitrogens with two attached hydrogens (primary N) is 2. The predicted octanol–water partition coefficient (Wildman–Crippen LogP) is 1.77. The molecule has 0 saturated carbocycles. The van der Waals surface area contributed by atoms with E-state index in [9.17, 15) is 9.59 Å². The lowest BCUT2D eigenvalue weighted by molar-refractivity contribution is 0.0697. The fourth-order valence-electron chi connectivity index (χ4n) is 1.62. The van der Waals surface area contributed by atoms with Crippen molar-refractivity contribution in [2.45, 2.75) is 0 Å². The number of rotatable bonds is 3. The number of esters is 1. The van der Waals surface area contributed by atoms with Crippen molar-refractivity contribution in [3.05, 3.63) is 53.6 Å². The molecule has 20 heavy (non-hydrogen) atoms. The van der Waals surface area contributed by atoms with Crippen molar-refractivity contribution in [3.63, 3.8) is 0 Å². The molecule has 0 amide bonds. The van der Waals surface area contributed by atoms with Gasteiger partial charge in [0.15, 0.2) is 5.75 Å². The van der Waals surface area contributed by atoms with Gasteiger partial charge in [0.2, 0.25) is 0 Å². The highest BCUT2D eigenvalue weighted by Gasteiger charge is 2.14. The lowest BCUT2D eigenvalue weighted by atomic mass is 10.1. The third-order valence-electron chi connectivity index (χ3n) is 2.62. The normalized spacial score (nSPS) is 10.0. The molecular weight excluding hydrogens is 260 g/mol. The van der Waals surface area contributed by atoms with Crippen molar-refractivity contribution in [2.24, 2.45) is 0 Å². The Balaban J connectivity index is 2.29. The number of carboxylic acids is 1. The van der Waals surface area contributed by atoms with E-state index in [0.717, 1.165) is 0 Å². The average Bonchev–Trinajstić information content (AvgIpc) is 2.43. The molecule has 0 aliphatic carbocycles. The molecule has 0 spiro atoms. The average molecular weight is 272 g/mol. The molecule has 2 aromatic carbocycles. The van der Waals surface area contributed by atoms with E-state index in [2.05, 4.69) is 0 Å². The molecule has 0 aromatic heterocycles. The van der Waals surface area contributed by atoms with Gasteiger partial charge in [0.05, 0.1) is 22.5 Å². The van der Waals surface area contributed by atoms with Crippen molar-refractivity contribution in [1.29, 1.82) is 0 Å². The summed E-state index contributed by atoms with van der Waals surface area (Å²) in [6.45, 7) is 0. The molecule has 0 fully saturated rings. The van der Waals surface area contributed by atoms with Crippen molar-refractivity contribution < 1.29 is 19.4 Å². The highest BCUT2D eigenvalue weighted by atomic mass is 16.5. The molecule has 0 aliphatic rings. The Labute approximate surface area is 114 Å². The van der Waals surface area contributed by atoms with E-state index in [-0.39, 0.29) is 28.3 Å². The molecule has 5 N–H and O–H groups in total. The number of ether oxygens (including phenoxy) is 1. The van der Waals surface area contributed by atoms with Crippen LogP contribution in [0.2, 0.25) is 0 Å². The number of carboxylic acid groups (broad SMARTS) is 1.